The first kappa shape index (κ1) is 14.6. The number of nitrogens with zero attached hydrogens (tertiary/aromatic N) is 2. The second-order valence-electron chi connectivity index (χ2n) is 4.33. The van der Waals surface area contributed by atoms with Crippen molar-refractivity contribution in [3.05, 3.63) is 64.5 Å². The monoisotopic (exact) mass is 333 g/mol. The van der Waals surface area contributed by atoms with Gasteiger partial charge in [-0.15, -0.1) is 10.2 Å². The summed E-state index contributed by atoms with van der Waals surface area (Å²) in [7, 11) is 0. The van der Waals surface area contributed by atoms with Gasteiger partial charge < -0.3 is 9.73 Å². The summed E-state index contributed by atoms with van der Waals surface area (Å²) in [6.07, 6.45) is 0. The lowest BCUT2D eigenvalue weighted by atomic mass is 10.2. The summed E-state index contributed by atoms with van der Waals surface area (Å²) in [6.45, 7) is 0. The van der Waals surface area contributed by atoms with Crippen LogP contribution in [0.1, 0.15) is 10.7 Å². The maximum atomic E-state index is 12.1. The fourth-order valence-electron chi connectivity index (χ4n) is 1.80. The second-order valence-corrected chi connectivity index (χ2v) is 5.14. The van der Waals surface area contributed by atoms with E-state index >= 15 is 0 Å². The lowest BCUT2D eigenvalue weighted by Gasteiger charge is -2.06. The number of aromatic nitrogens is 2. The third-order valence-corrected chi connectivity index (χ3v) is 3.47. The zero-order valence-corrected chi connectivity index (χ0v) is 12.6. The van der Waals surface area contributed by atoms with E-state index in [1.165, 1.54) is 0 Å². The maximum Gasteiger partial charge on any atom is 0.313 e. The highest BCUT2D eigenvalue weighted by atomic mass is 35.5. The predicted molar refractivity (Wildman–Crippen MR) is 84.1 cm³/mol. The van der Waals surface area contributed by atoms with Crippen molar-refractivity contribution in [1.82, 2.24) is 10.2 Å². The number of hydrogen-bond donors (Lipinski definition) is 1. The SMILES string of the molecule is O=C(Nc1c(Cl)cccc1Cl)c1nnc(-c2ccccc2)o1. The molecular formula is C15H9Cl2N3O2. The van der Waals surface area contributed by atoms with Gasteiger partial charge in [0.05, 0.1) is 15.7 Å². The number of halogens is 2. The van der Waals surface area contributed by atoms with Gasteiger partial charge in [-0.25, -0.2) is 0 Å². The number of carbonyl (C=O) groups is 1. The summed E-state index contributed by atoms with van der Waals surface area (Å²) < 4.78 is 5.36. The molecule has 1 N–H and O–H groups in total. The minimum absolute atomic E-state index is 0.171. The van der Waals surface area contributed by atoms with E-state index < -0.39 is 5.91 Å². The molecule has 0 saturated heterocycles. The molecule has 0 bridgehead atoms. The summed E-state index contributed by atoms with van der Waals surface area (Å²) in [6, 6.07) is 14.1. The van der Waals surface area contributed by atoms with E-state index in [2.05, 4.69) is 15.5 Å². The number of benzene rings is 2. The molecule has 0 aliphatic rings. The fraction of sp³-hybridized carbons (Fsp3) is 0. The average Bonchev–Trinajstić information content (AvgIpc) is 3.02. The van der Waals surface area contributed by atoms with Crippen LogP contribution in [0.4, 0.5) is 5.69 Å². The Hall–Kier alpha value is -2.37. The van der Waals surface area contributed by atoms with Crippen LogP contribution in [-0.2, 0) is 0 Å². The third kappa shape index (κ3) is 2.95. The quantitative estimate of drug-likeness (QED) is 0.776. The van der Waals surface area contributed by atoms with Crippen LogP contribution in [0.5, 0.6) is 0 Å². The van der Waals surface area contributed by atoms with Crippen LogP contribution in [-0.4, -0.2) is 16.1 Å². The molecule has 0 aliphatic carbocycles. The van der Waals surface area contributed by atoms with E-state index in [1.807, 2.05) is 18.2 Å². The van der Waals surface area contributed by atoms with E-state index in [9.17, 15) is 4.79 Å². The molecule has 5 nitrogen and oxygen atoms in total. The van der Waals surface area contributed by atoms with Crippen LogP contribution < -0.4 is 5.32 Å². The van der Waals surface area contributed by atoms with Crippen molar-refractivity contribution >= 4 is 34.8 Å². The van der Waals surface area contributed by atoms with Crippen LogP contribution >= 0.6 is 23.2 Å². The third-order valence-electron chi connectivity index (χ3n) is 2.84. The van der Waals surface area contributed by atoms with E-state index in [0.29, 0.717) is 15.7 Å². The number of carbonyl (C=O) groups excluding carboxylic acids is 1. The minimum Gasteiger partial charge on any atom is -0.412 e. The first-order valence-corrected chi connectivity index (χ1v) is 7.05. The Balaban J connectivity index is 1.83. The van der Waals surface area contributed by atoms with Gasteiger partial charge in [0.1, 0.15) is 0 Å². The molecule has 2 aromatic carbocycles. The first-order valence-electron chi connectivity index (χ1n) is 6.29. The van der Waals surface area contributed by atoms with Crippen molar-refractivity contribution < 1.29 is 9.21 Å². The van der Waals surface area contributed by atoms with Crippen LogP contribution in [0.15, 0.2) is 52.9 Å². The first-order chi connectivity index (χ1) is 10.6. The molecule has 1 aromatic heterocycles. The molecule has 1 amide bonds. The fourth-order valence-corrected chi connectivity index (χ4v) is 2.29. The number of hydrogen-bond acceptors (Lipinski definition) is 4. The Morgan fingerprint density at radius 2 is 1.64 bits per heavy atom. The van der Waals surface area contributed by atoms with Crippen molar-refractivity contribution in [2.45, 2.75) is 0 Å². The van der Waals surface area contributed by atoms with Gasteiger partial charge in [-0.2, -0.15) is 0 Å². The maximum absolute atomic E-state index is 12.1. The normalized spacial score (nSPS) is 10.5. The zero-order valence-electron chi connectivity index (χ0n) is 11.1. The lowest BCUT2D eigenvalue weighted by molar-refractivity contribution is 0.0991. The van der Waals surface area contributed by atoms with Crippen LogP contribution in [0.3, 0.4) is 0 Å². The second kappa shape index (κ2) is 6.17. The summed E-state index contributed by atoms with van der Waals surface area (Å²) in [5.41, 5.74) is 1.03. The van der Waals surface area contributed by atoms with Crippen molar-refractivity contribution in [3.8, 4) is 11.5 Å². The van der Waals surface area contributed by atoms with Crippen LogP contribution in [0.2, 0.25) is 10.0 Å². The van der Waals surface area contributed by atoms with Crippen molar-refractivity contribution in [2.24, 2.45) is 0 Å². The Morgan fingerprint density at radius 3 is 2.32 bits per heavy atom. The topological polar surface area (TPSA) is 68.0 Å². The summed E-state index contributed by atoms with van der Waals surface area (Å²) in [5.74, 6) is -0.490. The van der Waals surface area contributed by atoms with Crippen molar-refractivity contribution in [1.29, 1.82) is 0 Å². The number of amides is 1. The van der Waals surface area contributed by atoms with Crippen LogP contribution in [0.25, 0.3) is 11.5 Å². The molecule has 0 atom stereocenters. The lowest BCUT2D eigenvalue weighted by Crippen LogP contribution is -2.13. The smallest absolute Gasteiger partial charge is 0.313 e. The molecule has 0 radical (unpaired) electrons. The Morgan fingerprint density at radius 1 is 0.955 bits per heavy atom. The Kier molecular flexibility index (Phi) is 4.09. The van der Waals surface area contributed by atoms with Crippen molar-refractivity contribution in [3.63, 3.8) is 0 Å². The number of para-hydroxylation sites is 1. The molecule has 22 heavy (non-hydrogen) atoms. The zero-order chi connectivity index (χ0) is 15.5. The molecule has 0 saturated carbocycles. The summed E-state index contributed by atoms with van der Waals surface area (Å²) in [4.78, 5) is 12.1. The van der Waals surface area contributed by atoms with Gasteiger partial charge in [-0.1, -0.05) is 47.5 Å². The predicted octanol–water partition coefficient (Wildman–Crippen LogP) is 4.30. The molecule has 0 fully saturated rings. The molecule has 3 aromatic rings. The highest BCUT2D eigenvalue weighted by molar-refractivity contribution is 6.39. The van der Waals surface area contributed by atoms with E-state index in [-0.39, 0.29) is 11.8 Å². The molecule has 1 heterocycles. The van der Waals surface area contributed by atoms with Gasteiger partial charge in [-0.3, -0.25) is 4.79 Å². The minimum atomic E-state index is -0.579. The molecular weight excluding hydrogens is 325 g/mol. The molecule has 0 aliphatic heterocycles. The highest BCUT2D eigenvalue weighted by Crippen LogP contribution is 2.30. The number of anilines is 1. The molecule has 3 rings (SSSR count). The van der Waals surface area contributed by atoms with Crippen LogP contribution in [0, 0.1) is 0 Å². The van der Waals surface area contributed by atoms with Gasteiger partial charge in [0.2, 0.25) is 5.89 Å². The standard InChI is InChI=1S/C15H9Cl2N3O2/c16-10-7-4-8-11(17)12(10)18-13(21)15-20-19-14(22-15)9-5-2-1-3-6-9/h1-8H,(H,18,21). The summed E-state index contributed by atoms with van der Waals surface area (Å²) >= 11 is 12.0. The highest BCUT2D eigenvalue weighted by Gasteiger charge is 2.18. The number of nitrogens with one attached hydrogen (secondary N) is 1. The molecule has 7 heteroatoms. The Labute approximate surface area is 135 Å². The van der Waals surface area contributed by atoms with E-state index in [1.54, 1.807) is 30.3 Å². The van der Waals surface area contributed by atoms with Gasteiger partial charge in [0.15, 0.2) is 0 Å². The van der Waals surface area contributed by atoms with Gasteiger partial charge >= 0.3 is 11.8 Å². The summed E-state index contributed by atoms with van der Waals surface area (Å²) in [5, 5.41) is 10.8. The van der Waals surface area contributed by atoms with Gasteiger partial charge in [0, 0.05) is 5.56 Å². The molecule has 0 unspecified atom stereocenters. The molecule has 0 spiro atoms. The van der Waals surface area contributed by atoms with Gasteiger partial charge in [0.25, 0.3) is 0 Å². The van der Waals surface area contributed by atoms with E-state index in [0.717, 1.165) is 5.56 Å². The van der Waals surface area contributed by atoms with Crippen molar-refractivity contribution in [2.75, 3.05) is 5.32 Å². The molecule has 110 valence electrons. The van der Waals surface area contributed by atoms with E-state index in [4.69, 9.17) is 27.6 Å². The average molecular weight is 334 g/mol. The number of rotatable bonds is 3. The Bertz CT molecular complexity index is 798. The van der Waals surface area contributed by atoms with Gasteiger partial charge in [-0.05, 0) is 24.3 Å². The largest absolute Gasteiger partial charge is 0.412 e.